The van der Waals surface area contributed by atoms with Gasteiger partial charge < -0.3 is 10.1 Å². The number of anilines is 1. The predicted molar refractivity (Wildman–Crippen MR) is 168 cm³/mol. The van der Waals surface area contributed by atoms with E-state index >= 15 is 4.79 Å². The van der Waals surface area contributed by atoms with Gasteiger partial charge in [-0.15, -0.1) is 0 Å². The topological polar surface area (TPSA) is 107 Å². The fourth-order valence-electron chi connectivity index (χ4n) is 7.99. The summed E-state index contributed by atoms with van der Waals surface area (Å²) in [5.74, 6) is -0.205. The number of halogens is 1. The Balaban J connectivity index is 1.42. The van der Waals surface area contributed by atoms with E-state index < -0.39 is 17.4 Å². The van der Waals surface area contributed by atoms with Crippen LogP contribution in [0.4, 0.5) is 5.69 Å². The number of carbonyl (C=O) groups is 2. The van der Waals surface area contributed by atoms with Crippen LogP contribution in [0.2, 0.25) is 5.02 Å². The Morgan fingerprint density at radius 1 is 1.09 bits per heavy atom. The van der Waals surface area contributed by atoms with Crippen LogP contribution in [0.15, 0.2) is 85.5 Å². The molecule has 11 heteroatoms. The van der Waals surface area contributed by atoms with Crippen molar-refractivity contribution in [1.82, 2.24) is 29.4 Å². The van der Waals surface area contributed by atoms with Crippen molar-refractivity contribution in [3.05, 3.63) is 113 Å². The molecule has 5 aromatic rings. The van der Waals surface area contributed by atoms with Crippen LogP contribution in [0.3, 0.4) is 0 Å². The van der Waals surface area contributed by atoms with Gasteiger partial charge in [-0.1, -0.05) is 29.8 Å². The van der Waals surface area contributed by atoms with Crippen LogP contribution in [0.25, 0.3) is 11.5 Å². The van der Waals surface area contributed by atoms with Gasteiger partial charge in [-0.3, -0.25) is 14.5 Å². The fraction of sp³-hybridized carbons (Fsp3) is 0.265. The quantitative estimate of drug-likeness (QED) is 0.256. The lowest BCUT2D eigenvalue weighted by Gasteiger charge is -2.37. The number of fused-ring (bicyclic) bond motifs is 4. The largest absolute Gasteiger partial charge is 0.497 e. The minimum absolute atomic E-state index is 0.123. The Hall–Kier alpha value is -4.80. The van der Waals surface area contributed by atoms with Crippen molar-refractivity contribution in [2.75, 3.05) is 19.0 Å². The van der Waals surface area contributed by atoms with E-state index in [9.17, 15) is 4.79 Å². The summed E-state index contributed by atoms with van der Waals surface area (Å²) in [6, 6.07) is 22.3. The number of amides is 1. The smallest absolute Gasteiger partial charge is 0.250 e. The van der Waals surface area contributed by atoms with Crippen molar-refractivity contribution >= 4 is 29.0 Å². The summed E-state index contributed by atoms with van der Waals surface area (Å²) in [7, 11) is 1.59. The molecule has 8 rings (SSSR count). The molecule has 3 aromatic carbocycles. The van der Waals surface area contributed by atoms with E-state index in [4.69, 9.17) is 21.4 Å². The molecule has 1 amide bonds. The average Bonchev–Trinajstić information content (AvgIpc) is 3.88. The van der Waals surface area contributed by atoms with Gasteiger partial charge >= 0.3 is 0 Å². The Morgan fingerprint density at radius 3 is 2.62 bits per heavy atom. The summed E-state index contributed by atoms with van der Waals surface area (Å²) in [5.41, 5.74) is 3.12. The van der Waals surface area contributed by atoms with E-state index in [-0.39, 0.29) is 17.7 Å². The Morgan fingerprint density at radius 2 is 1.89 bits per heavy atom. The second-order valence-electron chi connectivity index (χ2n) is 11.8. The molecule has 2 saturated heterocycles. The van der Waals surface area contributed by atoms with Gasteiger partial charge in [0.2, 0.25) is 5.91 Å². The molecule has 3 aliphatic heterocycles. The maximum atomic E-state index is 15.1. The standard InChI is InChI=1S/C34H30ClN7O3/c1-20-28(32(41-19-36-18-37-41)42(39-20)23-7-4-3-5-8-23)29-27-9-6-16-40(27)34(25-17-22(35)12-15-26(25)38-33(34)44)30(29)31(43)21-10-13-24(45-2)14-11-21/h3-5,7-8,10-15,17-19,27,29-30H,6,9,16H2,1-2H3,(H,38,44). The van der Waals surface area contributed by atoms with Gasteiger partial charge in [-0.2, -0.15) is 10.2 Å². The Labute approximate surface area is 264 Å². The van der Waals surface area contributed by atoms with Crippen LogP contribution in [-0.2, 0) is 10.3 Å². The molecule has 0 aliphatic carbocycles. The van der Waals surface area contributed by atoms with Crippen LogP contribution in [0, 0.1) is 12.8 Å². The molecule has 1 spiro atoms. The molecular formula is C34H30ClN7O3. The lowest BCUT2D eigenvalue weighted by molar-refractivity contribution is -0.127. The van der Waals surface area contributed by atoms with Crippen LogP contribution < -0.4 is 10.1 Å². The molecule has 1 N–H and O–H groups in total. The van der Waals surface area contributed by atoms with Crippen LogP contribution in [0.5, 0.6) is 5.75 Å². The maximum absolute atomic E-state index is 15.1. The summed E-state index contributed by atoms with van der Waals surface area (Å²) >= 11 is 6.61. The third kappa shape index (κ3) is 3.95. The van der Waals surface area contributed by atoms with Crippen molar-refractivity contribution in [3.63, 3.8) is 0 Å². The summed E-state index contributed by atoms with van der Waals surface area (Å²) in [6.45, 7) is 2.63. The number of benzene rings is 3. The second kappa shape index (κ2) is 10.4. The van der Waals surface area contributed by atoms with Crippen LogP contribution >= 0.6 is 11.6 Å². The van der Waals surface area contributed by atoms with Crippen molar-refractivity contribution in [2.24, 2.45) is 5.92 Å². The van der Waals surface area contributed by atoms with Gasteiger partial charge in [0.25, 0.3) is 0 Å². The summed E-state index contributed by atoms with van der Waals surface area (Å²) < 4.78 is 8.96. The van der Waals surface area contributed by atoms with E-state index in [1.54, 1.807) is 48.5 Å². The highest BCUT2D eigenvalue weighted by Crippen LogP contribution is 2.62. The van der Waals surface area contributed by atoms with E-state index in [2.05, 4.69) is 20.3 Å². The zero-order chi connectivity index (χ0) is 30.9. The van der Waals surface area contributed by atoms with Gasteiger partial charge in [0, 0.05) is 39.4 Å². The van der Waals surface area contributed by atoms with Gasteiger partial charge in [-0.05, 0) is 80.9 Å². The molecule has 10 nitrogen and oxygen atoms in total. The molecule has 226 valence electrons. The van der Waals surface area contributed by atoms with Gasteiger partial charge in [0.1, 0.15) is 23.9 Å². The molecule has 2 aromatic heterocycles. The first-order chi connectivity index (χ1) is 21.9. The van der Waals surface area contributed by atoms with E-state index in [1.165, 1.54) is 6.33 Å². The number of hydrogen-bond acceptors (Lipinski definition) is 7. The first-order valence-corrected chi connectivity index (χ1v) is 15.4. The van der Waals surface area contributed by atoms with Crippen molar-refractivity contribution < 1.29 is 14.3 Å². The number of nitrogens with one attached hydrogen (secondary N) is 1. The number of aromatic nitrogens is 5. The SMILES string of the molecule is COc1ccc(C(=O)C2C(c3c(C)nn(-c4ccccc4)c3-n3cncn3)C3CCCN3C23C(=O)Nc2ccc(Cl)cc23)cc1. The van der Waals surface area contributed by atoms with E-state index in [0.717, 1.165) is 35.3 Å². The number of ether oxygens (including phenoxy) is 1. The summed E-state index contributed by atoms with van der Waals surface area (Å²) in [4.78, 5) is 36.2. The molecule has 4 atom stereocenters. The molecule has 3 aliphatic rings. The second-order valence-corrected chi connectivity index (χ2v) is 12.3. The lowest BCUT2D eigenvalue weighted by atomic mass is 9.68. The maximum Gasteiger partial charge on any atom is 0.250 e. The first-order valence-electron chi connectivity index (χ1n) is 15.0. The minimum atomic E-state index is -1.27. The molecule has 45 heavy (non-hydrogen) atoms. The third-order valence-corrected chi connectivity index (χ3v) is 9.91. The molecule has 0 radical (unpaired) electrons. The molecule has 5 heterocycles. The number of nitrogens with zero attached hydrogens (tertiary/aromatic N) is 6. The zero-order valence-corrected chi connectivity index (χ0v) is 25.5. The third-order valence-electron chi connectivity index (χ3n) is 9.67. The van der Waals surface area contributed by atoms with Gasteiger partial charge in [0.15, 0.2) is 11.6 Å². The average molecular weight is 620 g/mol. The van der Waals surface area contributed by atoms with Crippen LogP contribution in [-0.4, -0.2) is 60.8 Å². The van der Waals surface area contributed by atoms with E-state index in [0.29, 0.717) is 34.4 Å². The zero-order valence-electron chi connectivity index (χ0n) is 24.7. The van der Waals surface area contributed by atoms with Crippen LogP contribution in [0.1, 0.15) is 45.9 Å². The number of ketones is 1. The first kappa shape index (κ1) is 27.7. The van der Waals surface area contributed by atoms with Crippen molar-refractivity contribution in [2.45, 2.75) is 37.3 Å². The molecular weight excluding hydrogens is 590 g/mol. The molecule has 0 bridgehead atoms. The highest BCUT2D eigenvalue weighted by molar-refractivity contribution is 6.31. The van der Waals surface area contributed by atoms with Gasteiger partial charge in [0.05, 0.1) is 24.4 Å². The Kier molecular flexibility index (Phi) is 6.40. The summed E-state index contributed by atoms with van der Waals surface area (Å²) in [5, 5.41) is 13.2. The predicted octanol–water partition coefficient (Wildman–Crippen LogP) is 5.33. The number of aryl methyl sites for hydroxylation is 1. The summed E-state index contributed by atoms with van der Waals surface area (Å²) in [6.07, 6.45) is 4.84. The van der Waals surface area contributed by atoms with Gasteiger partial charge in [-0.25, -0.2) is 14.3 Å². The number of rotatable bonds is 6. The molecule has 2 fully saturated rings. The number of methoxy groups -OCH3 is 1. The lowest BCUT2D eigenvalue weighted by Crippen LogP contribution is -2.52. The number of carbonyl (C=O) groups excluding carboxylic acids is 2. The molecule has 4 unspecified atom stereocenters. The Bertz CT molecular complexity index is 1940. The number of para-hydroxylation sites is 1. The number of Topliss-reactive ketones (excluding diaryl/α,β-unsaturated/α-hetero) is 1. The molecule has 0 saturated carbocycles. The fourth-order valence-corrected chi connectivity index (χ4v) is 8.16. The highest BCUT2D eigenvalue weighted by atomic mass is 35.5. The van der Waals surface area contributed by atoms with Crippen molar-refractivity contribution in [1.29, 1.82) is 0 Å². The van der Waals surface area contributed by atoms with Crippen molar-refractivity contribution in [3.8, 4) is 17.3 Å². The highest BCUT2D eigenvalue weighted by Gasteiger charge is 2.70. The number of hydrogen-bond donors (Lipinski definition) is 1. The van der Waals surface area contributed by atoms with E-state index in [1.807, 2.05) is 54.1 Å². The minimum Gasteiger partial charge on any atom is -0.497 e. The monoisotopic (exact) mass is 619 g/mol. The normalized spacial score (nSPS) is 23.7.